The van der Waals surface area contributed by atoms with E-state index in [0.717, 1.165) is 25.0 Å². The third-order valence-corrected chi connectivity index (χ3v) is 2.85. The molecule has 5 nitrogen and oxygen atoms in total. The first-order chi connectivity index (χ1) is 11.0. The molecular weight excluding hydrogens is 292 g/mol. The number of carbonyl (C=O) groups is 1. The van der Waals surface area contributed by atoms with E-state index in [1.165, 1.54) is 19.1 Å². The number of amides is 1. The molecule has 5 heteroatoms. The van der Waals surface area contributed by atoms with Crippen LogP contribution < -0.4 is 5.32 Å². The number of carbonyl (C=O) groups excluding carboxylic acids is 1. The lowest BCUT2D eigenvalue weighted by atomic mass is 10.2. The van der Waals surface area contributed by atoms with Crippen molar-refractivity contribution in [3.8, 4) is 0 Å². The molecule has 0 saturated heterocycles. The van der Waals surface area contributed by atoms with Gasteiger partial charge in [0, 0.05) is 20.0 Å². The molecule has 0 heterocycles. The number of unbranched alkanes of at least 4 members (excludes halogenated alkanes) is 1. The molecule has 1 amide bonds. The van der Waals surface area contributed by atoms with Crippen LogP contribution in [0.1, 0.15) is 47.5 Å². The molecule has 0 aliphatic rings. The molecule has 0 aliphatic carbocycles. The van der Waals surface area contributed by atoms with Crippen molar-refractivity contribution in [3.63, 3.8) is 0 Å². The van der Waals surface area contributed by atoms with Gasteiger partial charge in [0.25, 0.3) is 0 Å². The maximum atomic E-state index is 11.1. The molecule has 134 valence electrons. The number of hydroxylamine groups is 2. The van der Waals surface area contributed by atoms with E-state index in [1.807, 2.05) is 45.9 Å². The lowest BCUT2D eigenvalue weighted by Gasteiger charge is -2.17. The van der Waals surface area contributed by atoms with Crippen molar-refractivity contribution in [1.82, 2.24) is 10.4 Å². The molecule has 0 bridgehead atoms. The van der Waals surface area contributed by atoms with E-state index >= 15 is 0 Å². The fourth-order valence-corrected chi connectivity index (χ4v) is 1.65. The molecular formula is C18H34N2O3. The maximum absolute atomic E-state index is 11.1. The van der Waals surface area contributed by atoms with Crippen LogP contribution in [0.4, 0.5) is 0 Å². The quantitative estimate of drug-likeness (QED) is 0.271. The van der Waals surface area contributed by atoms with Crippen LogP contribution in [0.25, 0.3) is 0 Å². The second-order valence-electron chi connectivity index (χ2n) is 4.51. The zero-order valence-electron chi connectivity index (χ0n) is 15.6. The molecule has 0 aromatic carbocycles. The molecule has 0 atom stereocenters. The van der Waals surface area contributed by atoms with Gasteiger partial charge < -0.3 is 10.1 Å². The Morgan fingerprint density at radius 1 is 1.26 bits per heavy atom. The number of hydrogen-bond donors (Lipinski definition) is 1. The Bertz CT molecular complexity index is 376. The van der Waals surface area contributed by atoms with Gasteiger partial charge in [-0.2, -0.15) is 0 Å². The van der Waals surface area contributed by atoms with Crippen LogP contribution in [-0.4, -0.2) is 37.8 Å². The predicted molar refractivity (Wildman–Crippen MR) is 96.6 cm³/mol. The fourth-order valence-electron chi connectivity index (χ4n) is 1.65. The van der Waals surface area contributed by atoms with Gasteiger partial charge in [-0.05, 0) is 38.8 Å². The van der Waals surface area contributed by atoms with E-state index in [2.05, 4.69) is 11.9 Å². The van der Waals surface area contributed by atoms with Crippen LogP contribution in [0.5, 0.6) is 0 Å². The second kappa shape index (κ2) is 16.6. The van der Waals surface area contributed by atoms with Gasteiger partial charge in [0.15, 0.2) is 5.88 Å². The molecule has 0 radical (unpaired) electrons. The first kappa shape index (κ1) is 23.5. The van der Waals surface area contributed by atoms with E-state index in [0.29, 0.717) is 19.0 Å². The largest absolute Gasteiger partial charge is 0.475 e. The van der Waals surface area contributed by atoms with Crippen LogP contribution in [0.15, 0.2) is 36.3 Å². The highest BCUT2D eigenvalue weighted by Crippen LogP contribution is 2.01. The van der Waals surface area contributed by atoms with E-state index in [9.17, 15) is 4.79 Å². The van der Waals surface area contributed by atoms with Gasteiger partial charge in [0.05, 0.1) is 7.11 Å². The van der Waals surface area contributed by atoms with Crippen LogP contribution in [-0.2, 0) is 14.4 Å². The average Bonchev–Trinajstić information content (AvgIpc) is 2.56. The normalized spacial score (nSPS) is 10.8. The highest BCUT2D eigenvalue weighted by Gasteiger charge is 2.06. The van der Waals surface area contributed by atoms with Gasteiger partial charge in [-0.15, -0.1) is 0 Å². The molecule has 0 fully saturated rings. The van der Waals surface area contributed by atoms with Gasteiger partial charge in [-0.3, -0.25) is 9.63 Å². The summed E-state index contributed by atoms with van der Waals surface area (Å²) in [5.41, 5.74) is 1.11. The molecule has 0 rings (SSSR count). The standard InChI is InChI=1S/C16H28N2O3.C2H6/c1-6-10-16(7-2)13-21-14(3)17-11-8-9-12-18(20-5)15(4)19;1-2/h6-7,10,17H,3,8-9,11-13H2,1-2,4-5H3;1-2H3/b10-6-,16-7+;. The maximum Gasteiger partial charge on any atom is 0.242 e. The average molecular weight is 326 g/mol. The minimum atomic E-state index is -0.0823. The summed E-state index contributed by atoms with van der Waals surface area (Å²) in [4.78, 5) is 16.1. The highest BCUT2D eigenvalue weighted by atomic mass is 16.7. The van der Waals surface area contributed by atoms with E-state index in [4.69, 9.17) is 9.57 Å². The lowest BCUT2D eigenvalue weighted by molar-refractivity contribution is -0.173. The van der Waals surface area contributed by atoms with Crippen molar-refractivity contribution in [2.75, 3.05) is 26.8 Å². The van der Waals surface area contributed by atoms with Gasteiger partial charge in [-0.25, -0.2) is 5.06 Å². The summed E-state index contributed by atoms with van der Waals surface area (Å²) >= 11 is 0. The number of ether oxygens (including phenoxy) is 1. The SMILES string of the molecule is C=C(NCCCCN(OC)C(C)=O)OCC(/C=C\C)=C/C.CC. The van der Waals surface area contributed by atoms with Crippen LogP contribution >= 0.6 is 0 Å². The minimum Gasteiger partial charge on any atom is -0.475 e. The summed E-state index contributed by atoms with van der Waals surface area (Å²) < 4.78 is 5.52. The third-order valence-electron chi connectivity index (χ3n) is 2.85. The van der Waals surface area contributed by atoms with E-state index in [1.54, 1.807) is 0 Å². The summed E-state index contributed by atoms with van der Waals surface area (Å²) in [7, 11) is 1.50. The first-order valence-corrected chi connectivity index (χ1v) is 8.20. The van der Waals surface area contributed by atoms with Crippen molar-refractivity contribution in [2.24, 2.45) is 0 Å². The van der Waals surface area contributed by atoms with Crippen molar-refractivity contribution >= 4 is 5.91 Å². The van der Waals surface area contributed by atoms with Gasteiger partial charge in [-0.1, -0.05) is 32.1 Å². The smallest absolute Gasteiger partial charge is 0.242 e. The van der Waals surface area contributed by atoms with E-state index in [-0.39, 0.29) is 5.91 Å². The summed E-state index contributed by atoms with van der Waals surface area (Å²) in [6.07, 6.45) is 7.75. The van der Waals surface area contributed by atoms with Gasteiger partial charge >= 0.3 is 0 Å². The molecule has 0 aliphatic heterocycles. The Hall–Kier alpha value is -1.75. The topological polar surface area (TPSA) is 50.8 Å². The highest BCUT2D eigenvalue weighted by molar-refractivity contribution is 5.71. The Morgan fingerprint density at radius 3 is 2.39 bits per heavy atom. The Labute approximate surface area is 142 Å². The van der Waals surface area contributed by atoms with E-state index < -0.39 is 0 Å². The molecule has 0 aromatic heterocycles. The number of allylic oxidation sites excluding steroid dienone is 2. The van der Waals surface area contributed by atoms with Gasteiger partial charge in [0.1, 0.15) is 6.61 Å². The Balaban J connectivity index is 0. The zero-order chi connectivity index (χ0) is 18.1. The van der Waals surface area contributed by atoms with Crippen LogP contribution in [0.2, 0.25) is 0 Å². The van der Waals surface area contributed by atoms with Crippen molar-refractivity contribution in [1.29, 1.82) is 0 Å². The molecule has 0 unspecified atom stereocenters. The molecule has 0 aromatic rings. The number of nitrogens with zero attached hydrogens (tertiary/aromatic N) is 1. The van der Waals surface area contributed by atoms with Crippen molar-refractivity contribution in [2.45, 2.75) is 47.5 Å². The Morgan fingerprint density at radius 2 is 1.91 bits per heavy atom. The van der Waals surface area contributed by atoms with Gasteiger partial charge in [0.2, 0.25) is 5.91 Å². The third kappa shape index (κ3) is 13.6. The molecule has 0 saturated carbocycles. The summed E-state index contributed by atoms with van der Waals surface area (Å²) in [5, 5.41) is 4.46. The molecule has 0 spiro atoms. The molecule has 23 heavy (non-hydrogen) atoms. The zero-order valence-corrected chi connectivity index (χ0v) is 15.6. The number of nitrogens with one attached hydrogen (secondary N) is 1. The fraction of sp³-hybridized carbons (Fsp3) is 0.611. The Kier molecular flexibility index (Phi) is 17.0. The second-order valence-corrected chi connectivity index (χ2v) is 4.51. The predicted octanol–water partition coefficient (Wildman–Crippen LogP) is 3.80. The van der Waals surface area contributed by atoms with Crippen molar-refractivity contribution in [3.05, 3.63) is 36.3 Å². The van der Waals surface area contributed by atoms with Crippen LogP contribution in [0, 0.1) is 0 Å². The first-order valence-electron chi connectivity index (χ1n) is 8.20. The van der Waals surface area contributed by atoms with Crippen molar-refractivity contribution < 1.29 is 14.4 Å². The summed E-state index contributed by atoms with van der Waals surface area (Å²) in [6, 6.07) is 0. The molecule has 1 N–H and O–H groups in total. The number of hydrogen-bond acceptors (Lipinski definition) is 4. The lowest BCUT2D eigenvalue weighted by Crippen LogP contribution is -2.29. The van der Waals surface area contributed by atoms with Crippen LogP contribution in [0.3, 0.4) is 0 Å². The minimum absolute atomic E-state index is 0.0823. The number of rotatable bonds is 11. The summed E-state index contributed by atoms with van der Waals surface area (Å²) in [6.45, 7) is 15.1. The monoisotopic (exact) mass is 326 g/mol. The summed E-state index contributed by atoms with van der Waals surface area (Å²) in [5.74, 6) is 0.482.